The lowest BCUT2D eigenvalue weighted by molar-refractivity contribution is 0.0541. The van der Waals surface area contributed by atoms with Gasteiger partial charge in [0.15, 0.2) is 0 Å². The van der Waals surface area contributed by atoms with Crippen molar-refractivity contribution in [2.75, 3.05) is 13.2 Å². The van der Waals surface area contributed by atoms with Crippen LogP contribution in [0.3, 0.4) is 0 Å². The second kappa shape index (κ2) is 5.71. The van der Waals surface area contributed by atoms with Crippen LogP contribution >= 0.6 is 0 Å². The number of aromatic nitrogens is 3. The van der Waals surface area contributed by atoms with E-state index in [0.29, 0.717) is 11.7 Å². The third-order valence-electron chi connectivity index (χ3n) is 3.56. The molecule has 0 amide bonds. The van der Waals surface area contributed by atoms with E-state index in [1.54, 1.807) is 10.7 Å². The molecular formula is C15H18FN3O. The van der Waals surface area contributed by atoms with Gasteiger partial charge in [0.25, 0.3) is 0 Å². The monoisotopic (exact) mass is 275 g/mol. The summed E-state index contributed by atoms with van der Waals surface area (Å²) in [5, 5.41) is 4.39. The van der Waals surface area contributed by atoms with Crippen molar-refractivity contribution in [1.29, 1.82) is 0 Å². The minimum absolute atomic E-state index is 0.261. The van der Waals surface area contributed by atoms with Crippen LogP contribution in [-0.4, -0.2) is 28.0 Å². The summed E-state index contributed by atoms with van der Waals surface area (Å²) in [6, 6.07) is 6.45. The predicted molar refractivity (Wildman–Crippen MR) is 73.3 cm³/mol. The van der Waals surface area contributed by atoms with E-state index < -0.39 is 0 Å². The largest absolute Gasteiger partial charge is 0.381 e. The van der Waals surface area contributed by atoms with E-state index in [1.807, 2.05) is 13.0 Å². The van der Waals surface area contributed by atoms with E-state index >= 15 is 0 Å². The summed E-state index contributed by atoms with van der Waals surface area (Å²) < 4.78 is 20.6. The summed E-state index contributed by atoms with van der Waals surface area (Å²) in [7, 11) is 0. The van der Waals surface area contributed by atoms with Crippen molar-refractivity contribution in [2.24, 2.45) is 5.92 Å². The van der Waals surface area contributed by atoms with E-state index in [4.69, 9.17) is 4.74 Å². The first-order valence-corrected chi connectivity index (χ1v) is 6.98. The Morgan fingerprint density at radius 1 is 1.45 bits per heavy atom. The van der Waals surface area contributed by atoms with Crippen molar-refractivity contribution in [2.45, 2.75) is 26.2 Å². The third-order valence-corrected chi connectivity index (χ3v) is 3.56. The van der Waals surface area contributed by atoms with Crippen molar-refractivity contribution in [3.8, 4) is 5.69 Å². The Labute approximate surface area is 117 Å². The molecule has 1 aliphatic rings. The normalized spacial score (nSPS) is 19.2. The van der Waals surface area contributed by atoms with E-state index in [0.717, 1.165) is 44.0 Å². The molecule has 1 atom stereocenters. The fourth-order valence-electron chi connectivity index (χ4n) is 2.63. The molecule has 106 valence electrons. The molecule has 1 aromatic heterocycles. The van der Waals surface area contributed by atoms with Crippen molar-refractivity contribution < 1.29 is 9.13 Å². The lowest BCUT2D eigenvalue weighted by atomic mass is 9.98. The summed E-state index contributed by atoms with van der Waals surface area (Å²) in [5.41, 5.74) is 0.720. The van der Waals surface area contributed by atoms with Crippen LogP contribution in [0.4, 0.5) is 4.39 Å². The first-order chi connectivity index (χ1) is 9.72. The van der Waals surface area contributed by atoms with Crippen LogP contribution < -0.4 is 0 Å². The van der Waals surface area contributed by atoms with Gasteiger partial charge in [0, 0.05) is 19.6 Å². The van der Waals surface area contributed by atoms with Gasteiger partial charge in [-0.2, -0.15) is 5.10 Å². The maximum absolute atomic E-state index is 13.4. The van der Waals surface area contributed by atoms with Crippen LogP contribution in [0.5, 0.6) is 0 Å². The average Bonchev–Trinajstić information content (AvgIpc) is 2.81. The molecule has 0 spiro atoms. The van der Waals surface area contributed by atoms with Gasteiger partial charge in [-0.25, -0.2) is 14.1 Å². The molecule has 1 aromatic carbocycles. The average molecular weight is 275 g/mol. The van der Waals surface area contributed by atoms with Crippen molar-refractivity contribution >= 4 is 0 Å². The number of hydrogen-bond donors (Lipinski definition) is 0. The number of benzene rings is 1. The Hall–Kier alpha value is -1.75. The molecule has 5 heteroatoms. The molecule has 0 saturated carbocycles. The Kier molecular flexibility index (Phi) is 3.78. The maximum Gasteiger partial charge on any atom is 0.148 e. The van der Waals surface area contributed by atoms with E-state index in [1.165, 1.54) is 12.1 Å². The van der Waals surface area contributed by atoms with Gasteiger partial charge in [-0.3, -0.25) is 0 Å². The van der Waals surface area contributed by atoms with Gasteiger partial charge in [0.1, 0.15) is 17.5 Å². The highest BCUT2D eigenvalue weighted by Gasteiger charge is 2.19. The highest BCUT2D eigenvalue weighted by molar-refractivity contribution is 5.32. The summed E-state index contributed by atoms with van der Waals surface area (Å²) in [5.74, 6) is 1.80. The summed E-state index contributed by atoms with van der Waals surface area (Å²) in [4.78, 5) is 4.48. The molecule has 2 aromatic rings. The molecule has 1 aliphatic heterocycles. The number of halogens is 1. The Morgan fingerprint density at radius 2 is 2.35 bits per heavy atom. The SMILES string of the molecule is Cc1nc(CC2CCCOC2)n(-c2cccc(F)c2)n1. The molecule has 1 saturated heterocycles. The van der Waals surface area contributed by atoms with E-state index in [-0.39, 0.29) is 5.82 Å². The molecule has 0 bridgehead atoms. The molecule has 1 fully saturated rings. The van der Waals surface area contributed by atoms with Gasteiger partial charge in [0.05, 0.1) is 5.69 Å². The van der Waals surface area contributed by atoms with Crippen LogP contribution in [0.2, 0.25) is 0 Å². The molecule has 0 radical (unpaired) electrons. The van der Waals surface area contributed by atoms with Crippen LogP contribution in [0.25, 0.3) is 5.69 Å². The molecule has 0 aliphatic carbocycles. The zero-order valence-electron chi connectivity index (χ0n) is 11.6. The van der Waals surface area contributed by atoms with Crippen molar-refractivity contribution in [1.82, 2.24) is 14.8 Å². The molecular weight excluding hydrogens is 257 g/mol. The lowest BCUT2D eigenvalue weighted by Crippen LogP contribution is -2.21. The number of hydrogen-bond acceptors (Lipinski definition) is 3. The Morgan fingerprint density at radius 3 is 3.10 bits per heavy atom. The molecule has 1 unspecified atom stereocenters. The number of aryl methyl sites for hydroxylation is 1. The van der Waals surface area contributed by atoms with Crippen molar-refractivity contribution in [3.63, 3.8) is 0 Å². The van der Waals surface area contributed by atoms with Gasteiger partial charge in [0.2, 0.25) is 0 Å². The molecule has 3 rings (SSSR count). The van der Waals surface area contributed by atoms with E-state index in [2.05, 4.69) is 10.1 Å². The predicted octanol–water partition coefficient (Wildman–Crippen LogP) is 2.68. The standard InChI is InChI=1S/C15H18FN3O/c1-11-17-15(8-12-4-3-7-20-10-12)19(18-11)14-6-2-5-13(16)9-14/h2,5-6,9,12H,3-4,7-8,10H2,1H3. The fraction of sp³-hybridized carbons (Fsp3) is 0.467. The highest BCUT2D eigenvalue weighted by atomic mass is 19.1. The maximum atomic E-state index is 13.4. The number of rotatable bonds is 3. The lowest BCUT2D eigenvalue weighted by Gasteiger charge is -2.21. The van der Waals surface area contributed by atoms with Crippen LogP contribution in [-0.2, 0) is 11.2 Å². The van der Waals surface area contributed by atoms with Gasteiger partial charge in [-0.1, -0.05) is 6.07 Å². The van der Waals surface area contributed by atoms with Gasteiger partial charge in [-0.05, 0) is 43.9 Å². The van der Waals surface area contributed by atoms with Crippen LogP contribution in [0, 0.1) is 18.7 Å². The van der Waals surface area contributed by atoms with Crippen LogP contribution in [0.15, 0.2) is 24.3 Å². The summed E-state index contributed by atoms with van der Waals surface area (Å²) >= 11 is 0. The Balaban J connectivity index is 1.87. The molecule has 2 heterocycles. The van der Waals surface area contributed by atoms with E-state index in [9.17, 15) is 4.39 Å². The molecule has 20 heavy (non-hydrogen) atoms. The quantitative estimate of drug-likeness (QED) is 0.864. The summed E-state index contributed by atoms with van der Waals surface area (Å²) in [6.45, 7) is 3.48. The highest BCUT2D eigenvalue weighted by Crippen LogP contribution is 2.20. The Bertz CT molecular complexity index is 591. The van der Waals surface area contributed by atoms with Crippen molar-refractivity contribution in [3.05, 3.63) is 41.7 Å². The van der Waals surface area contributed by atoms with Gasteiger partial charge >= 0.3 is 0 Å². The number of nitrogens with zero attached hydrogens (tertiary/aromatic N) is 3. The first kappa shape index (κ1) is 13.2. The zero-order chi connectivity index (χ0) is 13.9. The topological polar surface area (TPSA) is 39.9 Å². The van der Waals surface area contributed by atoms with Gasteiger partial charge in [-0.15, -0.1) is 0 Å². The smallest absolute Gasteiger partial charge is 0.148 e. The third kappa shape index (κ3) is 2.88. The number of ether oxygens (including phenoxy) is 1. The fourth-order valence-corrected chi connectivity index (χ4v) is 2.63. The minimum atomic E-state index is -0.261. The van der Waals surface area contributed by atoms with Gasteiger partial charge < -0.3 is 4.74 Å². The van der Waals surface area contributed by atoms with Crippen LogP contribution in [0.1, 0.15) is 24.5 Å². The second-order valence-electron chi connectivity index (χ2n) is 5.25. The minimum Gasteiger partial charge on any atom is -0.381 e. The zero-order valence-corrected chi connectivity index (χ0v) is 11.6. The summed E-state index contributed by atoms with van der Waals surface area (Å²) in [6.07, 6.45) is 3.06. The first-order valence-electron chi connectivity index (χ1n) is 6.98. The molecule has 4 nitrogen and oxygen atoms in total. The molecule has 0 N–H and O–H groups in total. The second-order valence-corrected chi connectivity index (χ2v) is 5.25.